The van der Waals surface area contributed by atoms with Crippen LogP contribution < -0.4 is 0 Å². The molecule has 1 rings (SSSR count). The number of carbonyl (C=O) groups excluding carboxylic acids is 1. The quantitative estimate of drug-likeness (QED) is 0.355. The summed E-state index contributed by atoms with van der Waals surface area (Å²) in [6.07, 6.45) is 0.744. The fraction of sp³-hybridized carbons (Fsp3) is 0.273. The smallest absolute Gasteiger partial charge is 0.440 e. The molecule has 0 aliphatic carbocycles. The molecule has 19 heavy (non-hydrogen) atoms. The number of amides is 1. The second kappa shape index (κ2) is 7.24. The third-order valence-electron chi connectivity index (χ3n) is 1.87. The van der Waals surface area contributed by atoms with Crippen molar-refractivity contribution in [3.63, 3.8) is 0 Å². The lowest BCUT2D eigenvalue weighted by atomic mass is 10.2. The number of rotatable bonds is 3. The van der Waals surface area contributed by atoms with E-state index in [-0.39, 0.29) is 0 Å². The Bertz CT molecular complexity index is 477. The topological polar surface area (TPSA) is 41.9 Å². The predicted octanol–water partition coefficient (Wildman–Crippen LogP) is 4.37. The minimum absolute atomic E-state index is 0.615. The molecule has 8 heteroatoms. The van der Waals surface area contributed by atoms with Crippen LogP contribution in [-0.2, 0) is 4.74 Å². The van der Waals surface area contributed by atoms with Crippen molar-refractivity contribution in [2.45, 2.75) is 10.0 Å². The number of hydrogen-bond acceptors (Lipinski definition) is 4. The molecule has 1 amide bonds. The Labute approximate surface area is 130 Å². The molecule has 0 saturated carbocycles. The van der Waals surface area contributed by atoms with Gasteiger partial charge < -0.3 is 4.74 Å². The highest BCUT2D eigenvalue weighted by atomic mass is 35.6. The molecule has 0 unspecified atom stereocenters. The van der Waals surface area contributed by atoms with E-state index in [1.165, 1.54) is 13.3 Å². The lowest BCUT2D eigenvalue weighted by Gasteiger charge is -2.18. The number of hydrazone groups is 1. The summed E-state index contributed by atoms with van der Waals surface area (Å²) in [6, 6.07) is 7.57. The van der Waals surface area contributed by atoms with E-state index >= 15 is 0 Å². The molecule has 0 aliphatic heterocycles. The lowest BCUT2D eigenvalue weighted by Crippen LogP contribution is -2.22. The molecule has 0 saturated heterocycles. The molecule has 0 aromatic heterocycles. The number of methoxy groups -OCH3 is 1. The Kier molecular flexibility index (Phi) is 6.26. The van der Waals surface area contributed by atoms with Crippen LogP contribution in [0.5, 0.6) is 0 Å². The molecule has 0 fully saturated rings. The molecular weight excluding hydrogens is 331 g/mol. The van der Waals surface area contributed by atoms with E-state index in [0.717, 1.165) is 15.5 Å². The second-order valence-electron chi connectivity index (χ2n) is 3.44. The summed E-state index contributed by atoms with van der Waals surface area (Å²) in [7, 11) is 1.22. The Morgan fingerprint density at radius 1 is 1.47 bits per heavy atom. The average molecular weight is 342 g/mol. The van der Waals surface area contributed by atoms with E-state index in [1.807, 2.05) is 31.2 Å². The Balaban J connectivity index is 2.85. The predicted molar refractivity (Wildman–Crippen MR) is 80.9 cm³/mol. The maximum atomic E-state index is 11.5. The fourth-order valence-electron chi connectivity index (χ4n) is 1.15. The third-order valence-corrected chi connectivity index (χ3v) is 3.12. The van der Waals surface area contributed by atoms with Crippen LogP contribution in [0.15, 0.2) is 29.4 Å². The van der Waals surface area contributed by atoms with Gasteiger partial charge in [-0.3, -0.25) is 0 Å². The van der Waals surface area contributed by atoms with Crippen LogP contribution in [0, 0.1) is 6.92 Å². The largest absolute Gasteiger partial charge is 0.451 e. The van der Waals surface area contributed by atoms with E-state index < -0.39 is 9.22 Å². The van der Waals surface area contributed by atoms with Gasteiger partial charge in [0.05, 0.1) is 13.3 Å². The van der Waals surface area contributed by atoms with Gasteiger partial charge in [-0.25, -0.2) is 4.79 Å². The van der Waals surface area contributed by atoms with Crippen LogP contribution in [0.2, 0.25) is 0 Å². The van der Waals surface area contributed by atoms with E-state index in [0.29, 0.717) is 11.9 Å². The zero-order valence-corrected chi connectivity index (χ0v) is 13.2. The van der Waals surface area contributed by atoms with Crippen LogP contribution in [0.3, 0.4) is 0 Å². The zero-order valence-electron chi connectivity index (χ0n) is 10.1. The molecular formula is C11H11Cl3N2O2S. The molecule has 0 N–H and O–H groups in total. The highest BCUT2D eigenvalue weighted by Gasteiger charge is 2.29. The summed E-state index contributed by atoms with van der Waals surface area (Å²) >= 11 is 17.4. The van der Waals surface area contributed by atoms with Crippen LogP contribution >= 0.6 is 46.8 Å². The van der Waals surface area contributed by atoms with Gasteiger partial charge in [0.15, 0.2) is 0 Å². The number of aryl methyl sites for hydroxylation is 1. The van der Waals surface area contributed by atoms with Crippen molar-refractivity contribution in [2.75, 3.05) is 7.11 Å². The minimum Gasteiger partial charge on any atom is -0.451 e. The average Bonchev–Trinajstić information content (AvgIpc) is 2.32. The molecule has 4 nitrogen and oxygen atoms in total. The number of ether oxygens (including phenoxy) is 1. The van der Waals surface area contributed by atoms with Crippen LogP contribution in [0.4, 0.5) is 4.79 Å². The summed E-state index contributed by atoms with van der Waals surface area (Å²) < 4.78 is 3.71. The first kappa shape index (κ1) is 16.4. The first-order valence-electron chi connectivity index (χ1n) is 5.06. The van der Waals surface area contributed by atoms with Gasteiger partial charge >= 0.3 is 6.09 Å². The zero-order chi connectivity index (χ0) is 14.5. The van der Waals surface area contributed by atoms with Crippen molar-refractivity contribution in [3.05, 3.63) is 35.4 Å². The van der Waals surface area contributed by atoms with E-state index in [9.17, 15) is 4.79 Å². The van der Waals surface area contributed by atoms with Gasteiger partial charge in [0.1, 0.15) is 0 Å². The molecule has 0 atom stereocenters. The molecule has 1 aromatic rings. The number of carbonyl (C=O) groups is 1. The van der Waals surface area contributed by atoms with Gasteiger partial charge in [-0.15, -0.1) is 4.41 Å². The van der Waals surface area contributed by atoms with Crippen molar-refractivity contribution in [1.29, 1.82) is 0 Å². The highest BCUT2D eigenvalue weighted by Crippen LogP contribution is 2.41. The SMILES string of the molecule is COC(=O)N(N=Cc1cccc(C)c1)SC(Cl)(Cl)Cl. The number of benzene rings is 1. The Morgan fingerprint density at radius 2 is 2.16 bits per heavy atom. The van der Waals surface area contributed by atoms with Crippen molar-refractivity contribution < 1.29 is 9.53 Å². The molecule has 1 aromatic carbocycles. The molecule has 0 radical (unpaired) electrons. The maximum absolute atomic E-state index is 11.5. The fourth-order valence-corrected chi connectivity index (χ4v) is 2.18. The van der Waals surface area contributed by atoms with Crippen molar-refractivity contribution in [3.8, 4) is 0 Å². The monoisotopic (exact) mass is 340 g/mol. The van der Waals surface area contributed by atoms with E-state index in [4.69, 9.17) is 34.8 Å². The molecule has 104 valence electrons. The molecule has 0 spiro atoms. The van der Waals surface area contributed by atoms with E-state index in [1.54, 1.807) is 0 Å². The summed E-state index contributed by atoms with van der Waals surface area (Å²) in [5.74, 6) is 0. The van der Waals surface area contributed by atoms with Crippen molar-refractivity contribution in [2.24, 2.45) is 5.10 Å². The Hall–Kier alpha value is -0.620. The van der Waals surface area contributed by atoms with Crippen LogP contribution in [-0.4, -0.2) is 27.0 Å². The van der Waals surface area contributed by atoms with Crippen molar-refractivity contribution in [1.82, 2.24) is 4.41 Å². The highest BCUT2D eigenvalue weighted by molar-refractivity contribution is 8.03. The van der Waals surface area contributed by atoms with Crippen LogP contribution in [0.1, 0.15) is 11.1 Å². The van der Waals surface area contributed by atoms with Gasteiger partial charge in [0, 0.05) is 11.9 Å². The van der Waals surface area contributed by atoms with Gasteiger partial charge in [-0.1, -0.05) is 64.6 Å². The van der Waals surface area contributed by atoms with E-state index in [2.05, 4.69) is 9.84 Å². The third kappa shape index (κ3) is 6.38. The van der Waals surface area contributed by atoms with Crippen LogP contribution in [0.25, 0.3) is 0 Å². The van der Waals surface area contributed by atoms with Crippen molar-refractivity contribution >= 4 is 59.1 Å². The first-order valence-corrected chi connectivity index (χ1v) is 6.97. The number of alkyl halides is 3. The minimum atomic E-state index is -1.71. The first-order chi connectivity index (χ1) is 8.81. The van der Waals surface area contributed by atoms with Gasteiger partial charge in [-0.05, 0) is 12.5 Å². The summed E-state index contributed by atoms with van der Waals surface area (Å²) in [5.41, 5.74) is 1.89. The normalized spacial score (nSPS) is 11.6. The number of halogens is 3. The molecule has 0 aliphatic rings. The Morgan fingerprint density at radius 3 is 2.68 bits per heavy atom. The standard InChI is InChI=1S/C11H11Cl3N2O2S/c1-8-4-3-5-9(6-8)7-15-16(10(17)18-2)19-11(12,13)14/h3-7H,1-2H3. The summed E-state index contributed by atoms with van der Waals surface area (Å²) in [6.45, 7) is 1.95. The molecule has 0 bridgehead atoms. The summed E-state index contributed by atoms with van der Waals surface area (Å²) in [4.78, 5) is 11.5. The van der Waals surface area contributed by atoms with Gasteiger partial charge in [0.2, 0.25) is 0 Å². The number of nitrogens with zero attached hydrogens (tertiary/aromatic N) is 2. The number of hydrogen-bond donors (Lipinski definition) is 0. The second-order valence-corrected chi connectivity index (χ2v) is 7.53. The van der Waals surface area contributed by atoms with Gasteiger partial charge in [0.25, 0.3) is 3.12 Å². The lowest BCUT2D eigenvalue weighted by molar-refractivity contribution is 0.153. The maximum Gasteiger partial charge on any atom is 0.440 e. The molecule has 0 heterocycles. The summed E-state index contributed by atoms with van der Waals surface area (Å²) in [5, 5.41) is 3.93. The van der Waals surface area contributed by atoms with Gasteiger partial charge in [-0.2, -0.15) is 5.10 Å².